The van der Waals surface area contributed by atoms with Crippen molar-refractivity contribution in [1.29, 1.82) is 0 Å². The Morgan fingerprint density at radius 3 is 2.66 bits per heavy atom. The number of carbonyl (C=O) groups is 2. The SMILES string of the molecule is CC(=O)Nc1n[nH]c2cc(NC(=O)NC(COC(F)F)c3ccccc3)ncc12. The second-order valence-corrected chi connectivity index (χ2v) is 6.02. The second-order valence-electron chi connectivity index (χ2n) is 6.02. The van der Waals surface area contributed by atoms with Crippen molar-refractivity contribution >= 4 is 34.5 Å². The Kier molecular flexibility index (Phi) is 6.29. The summed E-state index contributed by atoms with van der Waals surface area (Å²) in [6.45, 7) is -1.99. The highest BCUT2D eigenvalue weighted by atomic mass is 19.3. The van der Waals surface area contributed by atoms with Gasteiger partial charge in [-0.05, 0) is 5.56 Å². The Morgan fingerprint density at radius 2 is 1.97 bits per heavy atom. The van der Waals surface area contributed by atoms with Crippen LogP contribution in [0, 0.1) is 0 Å². The van der Waals surface area contributed by atoms with E-state index in [1.807, 2.05) is 0 Å². The zero-order valence-corrected chi connectivity index (χ0v) is 15.3. The molecule has 2 aromatic heterocycles. The van der Waals surface area contributed by atoms with E-state index in [0.29, 0.717) is 22.3 Å². The summed E-state index contributed by atoms with van der Waals surface area (Å²) in [5.41, 5.74) is 1.15. The maximum atomic E-state index is 12.4. The fourth-order valence-corrected chi connectivity index (χ4v) is 2.63. The number of aromatic amines is 1. The number of nitrogens with zero attached hydrogens (tertiary/aromatic N) is 2. The number of urea groups is 1. The van der Waals surface area contributed by atoms with Crippen LogP contribution in [0.3, 0.4) is 0 Å². The van der Waals surface area contributed by atoms with Crippen LogP contribution in [0.15, 0.2) is 42.6 Å². The maximum Gasteiger partial charge on any atom is 0.345 e. The topological polar surface area (TPSA) is 121 Å². The molecule has 0 aliphatic carbocycles. The lowest BCUT2D eigenvalue weighted by molar-refractivity contribution is -0.133. The minimum atomic E-state index is -2.95. The summed E-state index contributed by atoms with van der Waals surface area (Å²) >= 11 is 0. The molecule has 3 amide bonds. The second kappa shape index (κ2) is 9.06. The number of fused-ring (bicyclic) bond motifs is 1. The molecule has 0 fully saturated rings. The van der Waals surface area contributed by atoms with Crippen LogP contribution in [0.2, 0.25) is 0 Å². The molecule has 0 aliphatic rings. The number of carbonyl (C=O) groups excluding carboxylic acids is 2. The van der Waals surface area contributed by atoms with Gasteiger partial charge in [-0.1, -0.05) is 30.3 Å². The van der Waals surface area contributed by atoms with Crippen molar-refractivity contribution < 1.29 is 23.1 Å². The van der Waals surface area contributed by atoms with Crippen molar-refractivity contribution in [3.05, 3.63) is 48.2 Å². The van der Waals surface area contributed by atoms with Crippen LogP contribution in [-0.2, 0) is 9.53 Å². The monoisotopic (exact) mass is 404 g/mol. The first-order chi connectivity index (χ1) is 13.9. The summed E-state index contributed by atoms with van der Waals surface area (Å²) in [6.07, 6.45) is 1.44. The summed E-state index contributed by atoms with van der Waals surface area (Å²) < 4.78 is 29.2. The van der Waals surface area contributed by atoms with E-state index >= 15 is 0 Å². The average molecular weight is 404 g/mol. The smallest absolute Gasteiger partial charge is 0.329 e. The van der Waals surface area contributed by atoms with Gasteiger partial charge in [0.1, 0.15) is 5.82 Å². The third-order valence-electron chi connectivity index (χ3n) is 3.88. The number of pyridine rings is 1. The molecule has 0 aliphatic heterocycles. The van der Waals surface area contributed by atoms with Gasteiger partial charge in [0.05, 0.1) is 23.6 Å². The van der Waals surface area contributed by atoms with Crippen LogP contribution in [0.1, 0.15) is 18.5 Å². The van der Waals surface area contributed by atoms with E-state index in [4.69, 9.17) is 0 Å². The minimum absolute atomic E-state index is 0.203. The van der Waals surface area contributed by atoms with Crippen molar-refractivity contribution in [3.8, 4) is 0 Å². The number of aromatic nitrogens is 3. The van der Waals surface area contributed by atoms with Crippen LogP contribution in [0.25, 0.3) is 10.9 Å². The molecule has 0 bridgehead atoms. The molecular weight excluding hydrogens is 386 g/mol. The van der Waals surface area contributed by atoms with Crippen LogP contribution >= 0.6 is 0 Å². The maximum absolute atomic E-state index is 12.4. The van der Waals surface area contributed by atoms with E-state index in [0.717, 1.165) is 0 Å². The number of halogens is 2. The van der Waals surface area contributed by atoms with E-state index in [2.05, 4.69) is 35.9 Å². The van der Waals surface area contributed by atoms with Gasteiger partial charge in [0.2, 0.25) is 5.91 Å². The van der Waals surface area contributed by atoms with E-state index in [-0.39, 0.29) is 11.7 Å². The molecule has 1 atom stereocenters. The molecule has 3 rings (SSSR count). The Morgan fingerprint density at radius 1 is 1.21 bits per heavy atom. The molecule has 29 heavy (non-hydrogen) atoms. The van der Waals surface area contributed by atoms with Crippen LogP contribution < -0.4 is 16.0 Å². The molecule has 0 saturated heterocycles. The van der Waals surface area contributed by atoms with E-state index in [1.54, 1.807) is 30.3 Å². The summed E-state index contributed by atoms with van der Waals surface area (Å²) in [6, 6.07) is 8.71. The van der Waals surface area contributed by atoms with Crippen molar-refractivity contribution in [2.24, 2.45) is 0 Å². The Bertz CT molecular complexity index is 996. The Balaban J connectivity index is 1.70. The third kappa shape index (κ3) is 5.45. The van der Waals surface area contributed by atoms with Crippen molar-refractivity contribution in [3.63, 3.8) is 0 Å². The molecule has 3 aromatic rings. The number of hydrogen-bond donors (Lipinski definition) is 4. The Hall–Kier alpha value is -3.60. The minimum Gasteiger partial charge on any atom is -0.329 e. The lowest BCUT2D eigenvalue weighted by atomic mass is 10.1. The number of ether oxygens (including phenoxy) is 1. The van der Waals surface area contributed by atoms with Gasteiger partial charge < -0.3 is 15.4 Å². The average Bonchev–Trinajstić information content (AvgIpc) is 3.07. The van der Waals surface area contributed by atoms with Gasteiger partial charge in [-0.15, -0.1) is 0 Å². The highest BCUT2D eigenvalue weighted by Gasteiger charge is 2.18. The zero-order valence-electron chi connectivity index (χ0n) is 15.3. The van der Waals surface area contributed by atoms with Gasteiger partial charge in [-0.2, -0.15) is 13.9 Å². The number of hydrogen-bond acceptors (Lipinski definition) is 5. The van der Waals surface area contributed by atoms with Crippen LogP contribution in [0.5, 0.6) is 0 Å². The molecule has 0 radical (unpaired) electrons. The molecular formula is C18H18F2N6O3. The largest absolute Gasteiger partial charge is 0.345 e. The van der Waals surface area contributed by atoms with E-state index in [9.17, 15) is 18.4 Å². The summed E-state index contributed by atoms with van der Waals surface area (Å²) in [5, 5.41) is 14.9. The molecule has 9 nitrogen and oxygen atoms in total. The fraction of sp³-hybridized carbons (Fsp3) is 0.222. The molecule has 0 saturated carbocycles. The zero-order chi connectivity index (χ0) is 20.8. The van der Waals surface area contributed by atoms with Gasteiger partial charge in [-0.25, -0.2) is 9.78 Å². The molecule has 1 aromatic carbocycles. The van der Waals surface area contributed by atoms with Crippen molar-refractivity contribution in [2.75, 3.05) is 17.2 Å². The van der Waals surface area contributed by atoms with E-state index in [1.165, 1.54) is 19.2 Å². The summed E-state index contributed by atoms with van der Waals surface area (Å²) in [4.78, 5) is 27.6. The number of nitrogens with one attached hydrogen (secondary N) is 4. The fourth-order valence-electron chi connectivity index (χ4n) is 2.63. The molecule has 1 unspecified atom stereocenters. The lowest BCUT2D eigenvalue weighted by Crippen LogP contribution is -2.35. The number of amides is 3. The molecule has 4 N–H and O–H groups in total. The molecule has 0 spiro atoms. The van der Waals surface area contributed by atoms with Gasteiger partial charge in [0, 0.05) is 19.2 Å². The van der Waals surface area contributed by atoms with Crippen molar-refractivity contribution in [2.45, 2.75) is 19.6 Å². The standard InChI is InChI=1S/C18H18F2N6O3/c1-10(27)22-16-12-8-21-15(7-13(12)25-26-16)24-18(28)23-14(9-29-17(19)20)11-5-3-2-4-6-11/h2-8,14,17H,9H2,1H3,(H2,21,23,24,28)(H2,22,25,26,27). The van der Waals surface area contributed by atoms with Gasteiger partial charge in [0.15, 0.2) is 5.82 Å². The summed E-state index contributed by atoms with van der Waals surface area (Å²) in [5.74, 6) is 0.247. The number of alkyl halides is 2. The first-order valence-electron chi connectivity index (χ1n) is 8.56. The summed E-state index contributed by atoms with van der Waals surface area (Å²) in [7, 11) is 0. The number of rotatable bonds is 7. The van der Waals surface area contributed by atoms with E-state index < -0.39 is 25.3 Å². The number of anilines is 2. The van der Waals surface area contributed by atoms with Crippen LogP contribution in [-0.4, -0.2) is 40.3 Å². The Labute approximate surface area is 163 Å². The number of H-pyrrole nitrogens is 1. The van der Waals surface area contributed by atoms with Crippen LogP contribution in [0.4, 0.5) is 25.2 Å². The number of benzene rings is 1. The van der Waals surface area contributed by atoms with Gasteiger partial charge >= 0.3 is 12.6 Å². The highest BCUT2D eigenvalue weighted by Crippen LogP contribution is 2.22. The normalized spacial score (nSPS) is 12.0. The van der Waals surface area contributed by atoms with Gasteiger partial charge in [0.25, 0.3) is 0 Å². The van der Waals surface area contributed by atoms with Gasteiger partial charge in [-0.3, -0.25) is 15.2 Å². The quantitative estimate of drug-likeness (QED) is 0.482. The molecule has 11 heteroatoms. The third-order valence-corrected chi connectivity index (χ3v) is 3.88. The predicted octanol–water partition coefficient (Wildman–Crippen LogP) is 3.02. The first kappa shape index (κ1) is 20.1. The predicted molar refractivity (Wildman–Crippen MR) is 101 cm³/mol. The van der Waals surface area contributed by atoms with Crippen molar-refractivity contribution in [1.82, 2.24) is 20.5 Å². The lowest BCUT2D eigenvalue weighted by Gasteiger charge is -2.19. The highest BCUT2D eigenvalue weighted by molar-refractivity contribution is 5.99. The molecule has 2 heterocycles. The molecule has 152 valence electrons. The first-order valence-corrected chi connectivity index (χ1v) is 8.56.